The number of hydrogen-bond acceptors (Lipinski definition) is 3. The van der Waals surface area contributed by atoms with E-state index in [4.69, 9.17) is 0 Å². The van der Waals surface area contributed by atoms with Crippen molar-refractivity contribution in [2.75, 3.05) is 13.1 Å². The average molecular weight is 354 g/mol. The number of likely N-dealkylation sites (tertiary alicyclic amines) is 1. The molecule has 0 saturated carbocycles. The zero-order chi connectivity index (χ0) is 18.1. The zero-order valence-electron chi connectivity index (χ0n) is 15.3. The number of fused-ring (bicyclic) bond motifs is 1. The Bertz CT molecular complexity index is 867. The van der Waals surface area contributed by atoms with Gasteiger partial charge < -0.3 is 9.88 Å². The van der Waals surface area contributed by atoms with Crippen LogP contribution in [0.4, 0.5) is 0 Å². The number of aromatic amines is 2. The number of piperidine rings is 1. The van der Waals surface area contributed by atoms with Crippen LogP contribution in [0.25, 0.3) is 0 Å². The molecule has 2 aliphatic rings. The van der Waals surface area contributed by atoms with E-state index in [1.54, 1.807) is 0 Å². The molecule has 4 rings (SSSR count). The Morgan fingerprint density at radius 2 is 2.15 bits per heavy atom. The number of rotatable bonds is 3. The molecule has 0 aromatic carbocycles. The lowest BCUT2D eigenvalue weighted by Gasteiger charge is -2.33. The Balaban J connectivity index is 1.51. The number of carbonyl (C=O) groups excluding carboxylic acids is 1. The number of nitrogens with one attached hydrogen (secondary N) is 2. The largest absolute Gasteiger partial charge is 0.338 e. The number of nitrogens with zero attached hydrogens (tertiary/aromatic N) is 2. The SMILES string of the molecule is Cc1cn[nH]c1C[C@@H]1CCCN(C(=O)c2cc3c([nH]c2=O)CCCC3)C1. The molecule has 0 spiro atoms. The van der Waals surface area contributed by atoms with Crippen LogP contribution in [-0.4, -0.2) is 39.1 Å². The van der Waals surface area contributed by atoms with Crippen molar-refractivity contribution in [2.24, 2.45) is 5.92 Å². The van der Waals surface area contributed by atoms with Crippen LogP contribution in [0.2, 0.25) is 0 Å². The smallest absolute Gasteiger partial charge is 0.261 e. The highest BCUT2D eigenvalue weighted by molar-refractivity contribution is 5.94. The normalized spacial score (nSPS) is 20.0. The van der Waals surface area contributed by atoms with Crippen molar-refractivity contribution in [2.45, 2.75) is 51.9 Å². The van der Waals surface area contributed by atoms with Gasteiger partial charge in [-0.25, -0.2) is 0 Å². The van der Waals surface area contributed by atoms with Crippen molar-refractivity contribution < 1.29 is 4.79 Å². The minimum absolute atomic E-state index is 0.120. The standard InChI is InChI=1S/C20H26N4O2/c1-13-11-21-23-18(13)9-14-5-4-8-24(12-14)20(26)16-10-15-6-2-3-7-17(15)22-19(16)25/h10-11,14H,2-9,12H2,1H3,(H,21,23)(H,22,25)/t14-/m0/s1. The van der Waals surface area contributed by atoms with Crippen molar-refractivity contribution in [3.63, 3.8) is 0 Å². The lowest BCUT2D eigenvalue weighted by molar-refractivity contribution is 0.0670. The number of carbonyl (C=O) groups is 1. The lowest BCUT2D eigenvalue weighted by atomic mass is 9.91. The van der Waals surface area contributed by atoms with E-state index in [1.807, 2.05) is 17.2 Å². The van der Waals surface area contributed by atoms with Crippen LogP contribution >= 0.6 is 0 Å². The summed E-state index contributed by atoms with van der Waals surface area (Å²) < 4.78 is 0. The summed E-state index contributed by atoms with van der Waals surface area (Å²) in [6.45, 7) is 3.48. The highest BCUT2D eigenvalue weighted by Gasteiger charge is 2.27. The van der Waals surface area contributed by atoms with Gasteiger partial charge in [0.25, 0.3) is 11.5 Å². The molecule has 2 aromatic rings. The van der Waals surface area contributed by atoms with Crippen molar-refractivity contribution in [3.8, 4) is 0 Å². The van der Waals surface area contributed by atoms with Gasteiger partial charge in [-0.1, -0.05) is 0 Å². The highest BCUT2D eigenvalue weighted by Crippen LogP contribution is 2.23. The van der Waals surface area contributed by atoms with Gasteiger partial charge in [-0.15, -0.1) is 0 Å². The Morgan fingerprint density at radius 3 is 2.96 bits per heavy atom. The molecule has 2 N–H and O–H groups in total. The molecule has 0 unspecified atom stereocenters. The molecule has 3 heterocycles. The number of H-pyrrole nitrogens is 2. The molecule has 26 heavy (non-hydrogen) atoms. The molecule has 0 radical (unpaired) electrons. The van der Waals surface area contributed by atoms with Crippen LogP contribution in [0.15, 0.2) is 17.1 Å². The first-order valence-electron chi connectivity index (χ1n) is 9.65. The van der Waals surface area contributed by atoms with E-state index in [0.29, 0.717) is 18.0 Å². The molecule has 6 nitrogen and oxygen atoms in total. The fraction of sp³-hybridized carbons (Fsp3) is 0.550. The van der Waals surface area contributed by atoms with Gasteiger partial charge in [-0.3, -0.25) is 14.7 Å². The molecule has 0 bridgehead atoms. The molecule has 1 aliphatic heterocycles. The van der Waals surface area contributed by atoms with Crippen LogP contribution in [0, 0.1) is 12.8 Å². The maximum Gasteiger partial charge on any atom is 0.261 e. The molecule has 1 saturated heterocycles. The van der Waals surface area contributed by atoms with Gasteiger partial charge in [0.2, 0.25) is 0 Å². The Hall–Kier alpha value is -2.37. The zero-order valence-corrected chi connectivity index (χ0v) is 15.3. The van der Waals surface area contributed by atoms with Gasteiger partial charge in [-0.2, -0.15) is 5.10 Å². The predicted octanol–water partition coefficient (Wildman–Crippen LogP) is 2.38. The van der Waals surface area contributed by atoms with Gasteiger partial charge in [0.15, 0.2) is 0 Å². The third-order valence-electron chi connectivity index (χ3n) is 5.80. The molecule has 1 amide bonds. The van der Waals surface area contributed by atoms with E-state index in [-0.39, 0.29) is 11.5 Å². The fourth-order valence-electron chi connectivity index (χ4n) is 4.29. The number of hydrogen-bond donors (Lipinski definition) is 2. The first kappa shape index (κ1) is 17.1. The maximum absolute atomic E-state index is 13.0. The van der Waals surface area contributed by atoms with E-state index < -0.39 is 0 Å². The van der Waals surface area contributed by atoms with E-state index >= 15 is 0 Å². The van der Waals surface area contributed by atoms with Crippen LogP contribution in [0.3, 0.4) is 0 Å². The van der Waals surface area contributed by atoms with Crippen molar-refractivity contribution in [3.05, 3.63) is 50.7 Å². The Kier molecular flexibility index (Phi) is 4.66. The number of pyridine rings is 1. The summed E-state index contributed by atoms with van der Waals surface area (Å²) in [5.74, 6) is 0.286. The fourth-order valence-corrected chi connectivity index (χ4v) is 4.29. The van der Waals surface area contributed by atoms with Crippen molar-refractivity contribution in [1.82, 2.24) is 20.1 Å². The van der Waals surface area contributed by atoms with Crippen LogP contribution in [0.1, 0.15) is 58.6 Å². The van der Waals surface area contributed by atoms with Crippen LogP contribution < -0.4 is 5.56 Å². The summed E-state index contributed by atoms with van der Waals surface area (Å²) in [4.78, 5) is 30.3. The maximum atomic E-state index is 13.0. The average Bonchev–Trinajstić information content (AvgIpc) is 3.05. The summed E-state index contributed by atoms with van der Waals surface area (Å²) >= 11 is 0. The molecule has 1 aliphatic carbocycles. The number of amides is 1. The first-order valence-corrected chi connectivity index (χ1v) is 9.65. The second kappa shape index (κ2) is 7.09. The second-order valence-corrected chi connectivity index (χ2v) is 7.72. The second-order valence-electron chi connectivity index (χ2n) is 7.72. The molecule has 2 aromatic heterocycles. The van der Waals surface area contributed by atoms with Gasteiger partial charge >= 0.3 is 0 Å². The molecule has 138 valence electrons. The third-order valence-corrected chi connectivity index (χ3v) is 5.80. The van der Waals surface area contributed by atoms with E-state index in [2.05, 4.69) is 22.1 Å². The first-order chi connectivity index (χ1) is 12.6. The van der Waals surface area contributed by atoms with E-state index in [1.165, 1.54) is 5.56 Å². The third kappa shape index (κ3) is 3.32. The van der Waals surface area contributed by atoms with Crippen LogP contribution in [0.5, 0.6) is 0 Å². The number of aromatic nitrogens is 3. The topological polar surface area (TPSA) is 81.8 Å². The molecule has 1 fully saturated rings. The quantitative estimate of drug-likeness (QED) is 0.888. The molecule has 1 atom stereocenters. The highest BCUT2D eigenvalue weighted by atomic mass is 16.2. The summed E-state index contributed by atoms with van der Waals surface area (Å²) in [7, 11) is 0. The summed E-state index contributed by atoms with van der Waals surface area (Å²) in [5, 5.41) is 7.15. The molecular weight excluding hydrogens is 328 g/mol. The van der Waals surface area contributed by atoms with Gasteiger partial charge in [0, 0.05) is 24.5 Å². The minimum atomic E-state index is -0.234. The summed E-state index contributed by atoms with van der Waals surface area (Å²) in [5.41, 5.74) is 4.55. The van der Waals surface area contributed by atoms with Crippen molar-refractivity contribution in [1.29, 1.82) is 0 Å². The summed E-state index contributed by atoms with van der Waals surface area (Å²) in [6.07, 6.45) is 8.92. The van der Waals surface area contributed by atoms with Gasteiger partial charge in [0.05, 0.1) is 6.20 Å². The monoisotopic (exact) mass is 354 g/mol. The van der Waals surface area contributed by atoms with E-state index in [0.717, 1.165) is 68.4 Å². The van der Waals surface area contributed by atoms with Crippen molar-refractivity contribution >= 4 is 5.91 Å². The van der Waals surface area contributed by atoms with Gasteiger partial charge in [-0.05, 0) is 75.0 Å². The Morgan fingerprint density at radius 1 is 1.31 bits per heavy atom. The minimum Gasteiger partial charge on any atom is -0.338 e. The number of aryl methyl sites for hydroxylation is 3. The Labute approximate surface area is 153 Å². The van der Waals surface area contributed by atoms with E-state index in [9.17, 15) is 9.59 Å². The van der Waals surface area contributed by atoms with Gasteiger partial charge in [0.1, 0.15) is 5.56 Å². The lowest BCUT2D eigenvalue weighted by Crippen LogP contribution is -2.42. The molecular formula is C20H26N4O2. The summed E-state index contributed by atoms with van der Waals surface area (Å²) in [6, 6.07) is 1.85. The van der Waals surface area contributed by atoms with Crippen LogP contribution in [-0.2, 0) is 19.3 Å². The molecule has 6 heteroatoms. The predicted molar refractivity (Wildman–Crippen MR) is 99.4 cm³/mol.